The van der Waals surface area contributed by atoms with Crippen LogP contribution in [0, 0.1) is 11.8 Å². The van der Waals surface area contributed by atoms with E-state index in [0.717, 1.165) is 26.1 Å². The van der Waals surface area contributed by atoms with Crippen molar-refractivity contribution in [1.29, 1.82) is 0 Å². The highest BCUT2D eigenvalue weighted by Crippen LogP contribution is 2.30. The van der Waals surface area contributed by atoms with Crippen molar-refractivity contribution in [3.63, 3.8) is 0 Å². The fourth-order valence-electron chi connectivity index (χ4n) is 1.94. The molecule has 1 atom stereocenters. The zero-order valence-electron chi connectivity index (χ0n) is 5.79. The third kappa shape index (κ3) is 0.814. The molecule has 3 fully saturated rings. The second kappa shape index (κ2) is 1.95. The van der Waals surface area contributed by atoms with E-state index in [0.29, 0.717) is 5.92 Å². The molecule has 3 saturated heterocycles. The summed E-state index contributed by atoms with van der Waals surface area (Å²) in [6, 6.07) is 0. The van der Waals surface area contributed by atoms with Gasteiger partial charge in [0.15, 0.2) is 0 Å². The number of aliphatic carboxylic acids is 1. The molecular weight excluding hydrogens is 130 g/mol. The number of rotatable bonds is 1. The molecule has 2 bridgehead atoms. The van der Waals surface area contributed by atoms with Gasteiger partial charge in [0.1, 0.15) is 0 Å². The molecule has 0 aromatic rings. The summed E-state index contributed by atoms with van der Waals surface area (Å²) >= 11 is 0. The zero-order chi connectivity index (χ0) is 7.14. The predicted octanol–water partition coefficient (Wildman–Crippen LogP) is 0.0227. The summed E-state index contributed by atoms with van der Waals surface area (Å²) in [7, 11) is 0. The Morgan fingerprint density at radius 2 is 2.10 bits per heavy atom. The number of hydrogen-bond donors (Lipinski definition) is 1. The highest BCUT2D eigenvalue weighted by Gasteiger charge is 2.38. The molecule has 3 heteroatoms. The van der Waals surface area contributed by atoms with Gasteiger partial charge in [0.05, 0.1) is 5.92 Å². The lowest BCUT2D eigenvalue weighted by Crippen LogP contribution is -2.55. The quantitative estimate of drug-likeness (QED) is 0.559. The fraction of sp³-hybridized carbons (Fsp3) is 0.857. The molecule has 0 aliphatic carbocycles. The van der Waals surface area contributed by atoms with Gasteiger partial charge in [-0.05, 0) is 12.3 Å². The maximum absolute atomic E-state index is 10.5. The number of carbonyl (C=O) groups is 1. The van der Waals surface area contributed by atoms with Gasteiger partial charge < -0.3 is 10.0 Å². The van der Waals surface area contributed by atoms with Gasteiger partial charge in [0.2, 0.25) is 0 Å². The van der Waals surface area contributed by atoms with Gasteiger partial charge in [-0.1, -0.05) is 0 Å². The number of hydrogen-bond acceptors (Lipinski definition) is 2. The van der Waals surface area contributed by atoms with Crippen LogP contribution in [-0.2, 0) is 4.79 Å². The van der Waals surface area contributed by atoms with Gasteiger partial charge >= 0.3 is 5.97 Å². The molecule has 56 valence electrons. The first-order chi connectivity index (χ1) is 4.75. The van der Waals surface area contributed by atoms with Gasteiger partial charge in [0.25, 0.3) is 0 Å². The van der Waals surface area contributed by atoms with E-state index in [4.69, 9.17) is 5.11 Å². The highest BCUT2D eigenvalue weighted by molar-refractivity contribution is 5.70. The van der Waals surface area contributed by atoms with Crippen LogP contribution in [-0.4, -0.2) is 35.6 Å². The zero-order valence-corrected chi connectivity index (χ0v) is 5.79. The van der Waals surface area contributed by atoms with Crippen molar-refractivity contribution < 1.29 is 9.90 Å². The van der Waals surface area contributed by atoms with Gasteiger partial charge in [-0.3, -0.25) is 4.79 Å². The largest absolute Gasteiger partial charge is 0.481 e. The lowest BCUT2D eigenvalue weighted by Gasteiger charge is -2.46. The molecule has 3 aliphatic rings. The third-order valence-electron chi connectivity index (χ3n) is 2.48. The second-order valence-corrected chi connectivity index (χ2v) is 3.36. The molecule has 0 saturated carbocycles. The molecule has 0 aromatic carbocycles. The fourth-order valence-corrected chi connectivity index (χ4v) is 1.94. The molecule has 0 spiro atoms. The molecule has 0 amide bonds. The van der Waals surface area contributed by atoms with Crippen molar-refractivity contribution in [1.82, 2.24) is 4.90 Å². The van der Waals surface area contributed by atoms with E-state index < -0.39 is 5.97 Å². The normalized spacial score (nSPS) is 44.2. The van der Waals surface area contributed by atoms with Crippen molar-refractivity contribution in [2.24, 2.45) is 11.8 Å². The summed E-state index contributed by atoms with van der Waals surface area (Å²) < 4.78 is 0. The van der Waals surface area contributed by atoms with E-state index in [2.05, 4.69) is 4.90 Å². The Labute approximate surface area is 59.6 Å². The van der Waals surface area contributed by atoms with Crippen LogP contribution in [0.1, 0.15) is 6.42 Å². The number of carboxylic acids is 1. The molecule has 3 rings (SSSR count). The van der Waals surface area contributed by atoms with Crippen molar-refractivity contribution in [3.8, 4) is 0 Å². The highest BCUT2D eigenvalue weighted by atomic mass is 16.4. The maximum atomic E-state index is 10.5. The standard InChI is InChI=1S/C7H11NO2/c9-7(10)6-1-5-2-8(3-5)4-6/h5-6H,1-4H2,(H,9,10). The minimum atomic E-state index is -0.616. The van der Waals surface area contributed by atoms with Crippen LogP contribution in [0.5, 0.6) is 0 Å². The Hall–Kier alpha value is -0.570. The molecule has 3 heterocycles. The summed E-state index contributed by atoms with van der Waals surface area (Å²) in [6.45, 7) is 3.07. The monoisotopic (exact) mass is 141 g/mol. The van der Waals surface area contributed by atoms with Crippen LogP contribution in [0.3, 0.4) is 0 Å². The van der Waals surface area contributed by atoms with E-state index in [1.54, 1.807) is 0 Å². The van der Waals surface area contributed by atoms with E-state index in [9.17, 15) is 4.79 Å². The molecule has 3 nitrogen and oxygen atoms in total. The summed E-state index contributed by atoms with van der Waals surface area (Å²) in [5, 5.41) is 8.65. The van der Waals surface area contributed by atoms with E-state index in [1.165, 1.54) is 0 Å². The van der Waals surface area contributed by atoms with Crippen LogP contribution >= 0.6 is 0 Å². The average molecular weight is 141 g/mol. The van der Waals surface area contributed by atoms with Gasteiger partial charge in [-0.15, -0.1) is 0 Å². The Kier molecular flexibility index (Phi) is 1.20. The molecule has 1 unspecified atom stereocenters. The molecule has 1 N–H and O–H groups in total. The summed E-state index contributed by atoms with van der Waals surface area (Å²) in [5.74, 6) is -0.00301. The lowest BCUT2D eigenvalue weighted by atomic mass is 9.82. The first-order valence-electron chi connectivity index (χ1n) is 3.71. The van der Waals surface area contributed by atoms with Crippen LogP contribution in [0.15, 0.2) is 0 Å². The van der Waals surface area contributed by atoms with Crippen LogP contribution in [0.25, 0.3) is 0 Å². The number of fused-ring (bicyclic) bond motifs is 2. The third-order valence-corrected chi connectivity index (χ3v) is 2.48. The smallest absolute Gasteiger partial charge is 0.307 e. The molecule has 10 heavy (non-hydrogen) atoms. The second-order valence-electron chi connectivity index (χ2n) is 3.36. The number of piperidine rings is 2. The number of nitrogens with zero attached hydrogens (tertiary/aromatic N) is 1. The van der Waals surface area contributed by atoms with Crippen LogP contribution in [0.2, 0.25) is 0 Å². The summed E-state index contributed by atoms with van der Waals surface area (Å²) in [4.78, 5) is 12.7. The SMILES string of the molecule is O=C(O)C1CC2CN(C2)C1. The van der Waals surface area contributed by atoms with Gasteiger partial charge in [0, 0.05) is 19.6 Å². The molecule has 0 radical (unpaired) electrons. The first kappa shape index (κ1) is 6.16. The van der Waals surface area contributed by atoms with E-state index in [1.807, 2.05) is 0 Å². The Morgan fingerprint density at radius 3 is 2.40 bits per heavy atom. The topological polar surface area (TPSA) is 40.5 Å². The molecule has 0 aromatic heterocycles. The first-order valence-corrected chi connectivity index (χ1v) is 3.71. The van der Waals surface area contributed by atoms with E-state index in [-0.39, 0.29) is 5.92 Å². The van der Waals surface area contributed by atoms with Gasteiger partial charge in [-0.25, -0.2) is 0 Å². The Balaban J connectivity index is 1.97. The Morgan fingerprint density at radius 1 is 1.40 bits per heavy atom. The number of carboxylic acid groups (broad SMARTS) is 1. The van der Waals surface area contributed by atoms with Crippen LogP contribution in [0.4, 0.5) is 0 Å². The van der Waals surface area contributed by atoms with Crippen molar-refractivity contribution in [2.75, 3.05) is 19.6 Å². The van der Waals surface area contributed by atoms with Crippen molar-refractivity contribution >= 4 is 5.97 Å². The molecule has 3 aliphatic heterocycles. The minimum Gasteiger partial charge on any atom is -0.481 e. The molecular formula is C7H11NO2. The van der Waals surface area contributed by atoms with Crippen LogP contribution < -0.4 is 0 Å². The predicted molar refractivity (Wildman–Crippen MR) is 35.7 cm³/mol. The lowest BCUT2D eigenvalue weighted by molar-refractivity contribution is -0.147. The summed E-state index contributed by atoms with van der Waals surface area (Å²) in [5.41, 5.74) is 0. The van der Waals surface area contributed by atoms with Gasteiger partial charge in [-0.2, -0.15) is 0 Å². The summed E-state index contributed by atoms with van der Waals surface area (Å²) in [6.07, 6.45) is 0.909. The van der Waals surface area contributed by atoms with E-state index >= 15 is 0 Å². The average Bonchev–Trinajstić information content (AvgIpc) is 1.86. The van der Waals surface area contributed by atoms with Crippen molar-refractivity contribution in [3.05, 3.63) is 0 Å². The minimum absolute atomic E-state index is 0.0764. The Bertz CT molecular complexity index is 153. The maximum Gasteiger partial charge on any atom is 0.307 e. The van der Waals surface area contributed by atoms with Crippen molar-refractivity contribution in [2.45, 2.75) is 6.42 Å².